The van der Waals surface area contributed by atoms with Gasteiger partial charge in [-0.3, -0.25) is 0 Å². The lowest BCUT2D eigenvalue weighted by atomic mass is 10.3. The van der Waals surface area contributed by atoms with E-state index in [4.69, 9.17) is 0 Å². The molecular weight excluding hydrogens is 130 g/mol. The van der Waals surface area contributed by atoms with Crippen molar-refractivity contribution in [1.29, 1.82) is 0 Å². The van der Waals surface area contributed by atoms with E-state index in [-0.39, 0.29) is 6.10 Å². The van der Waals surface area contributed by atoms with Crippen LogP contribution in [0.1, 0.15) is 13.3 Å². The molecule has 1 rings (SSSR count). The second-order valence-electron chi connectivity index (χ2n) is 1.64. The summed E-state index contributed by atoms with van der Waals surface area (Å²) in [6.07, 6.45) is 0.842. The van der Waals surface area contributed by atoms with Gasteiger partial charge in [0.25, 0.3) is 0 Å². The van der Waals surface area contributed by atoms with Gasteiger partial charge in [-0.1, -0.05) is 6.92 Å². The molecule has 0 aromatic carbocycles. The fourth-order valence-electron chi connectivity index (χ4n) is 0.512. The van der Waals surface area contributed by atoms with Crippen LogP contribution in [0.15, 0.2) is 0 Å². The van der Waals surface area contributed by atoms with Crippen molar-refractivity contribution in [3.63, 3.8) is 0 Å². The van der Waals surface area contributed by atoms with Crippen LogP contribution in [0.25, 0.3) is 0 Å². The molecule has 1 aliphatic heterocycles. The van der Waals surface area contributed by atoms with Crippen LogP contribution in [0.3, 0.4) is 0 Å². The van der Waals surface area contributed by atoms with Gasteiger partial charge in [0, 0.05) is 0 Å². The Morgan fingerprint density at radius 3 is 2.88 bits per heavy atom. The minimum Gasteiger partial charge on any atom is -0.306 e. The van der Waals surface area contributed by atoms with Crippen LogP contribution < -0.4 is 0 Å². The molecule has 0 aromatic rings. The fourth-order valence-corrected chi connectivity index (χ4v) is 1.30. The number of rotatable bonds is 1. The summed E-state index contributed by atoms with van der Waals surface area (Å²) in [5.74, 6) is 0. The van der Waals surface area contributed by atoms with Crippen molar-refractivity contribution < 1.29 is 13.2 Å². The number of halogens is 1. The molecule has 0 spiro atoms. The third kappa shape index (κ3) is 1.38. The molecule has 48 valence electrons. The van der Waals surface area contributed by atoms with E-state index in [1.165, 1.54) is 0 Å². The SMILES string of the molecule is CCC1COP(F)O1. The van der Waals surface area contributed by atoms with Crippen molar-refractivity contribution >= 4 is 8.69 Å². The largest absolute Gasteiger partial charge is 0.375 e. The van der Waals surface area contributed by atoms with Crippen molar-refractivity contribution in [1.82, 2.24) is 0 Å². The van der Waals surface area contributed by atoms with Crippen molar-refractivity contribution in [2.45, 2.75) is 19.4 Å². The van der Waals surface area contributed by atoms with Gasteiger partial charge in [0.05, 0.1) is 12.7 Å². The highest BCUT2D eigenvalue weighted by molar-refractivity contribution is 7.41. The minimum absolute atomic E-state index is 0.00566. The highest BCUT2D eigenvalue weighted by Gasteiger charge is 2.25. The summed E-state index contributed by atoms with van der Waals surface area (Å²) in [7, 11) is -2.01. The van der Waals surface area contributed by atoms with Crippen molar-refractivity contribution in [2.75, 3.05) is 6.61 Å². The predicted molar refractivity (Wildman–Crippen MR) is 29.1 cm³/mol. The van der Waals surface area contributed by atoms with Gasteiger partial charge in [-0.25, -0.2) is 0 Å². The lowest BCUT2D eigenvalue weighted by Gasteiger charge is -1.98. The molecule has 8 heavy (non-hydrogen) atoms. The van der Waals surface area contributed by atoms with Gasteiger partial charge >= 0.3 is 8.69 Å². The Bertz CT molecular complexity index is 80.4. The monoisotopic (exact) mass is 138 g/mol. The van der Waals surface area contributed by atoms with Gasteiger partial charge in [-0.15, -0.1) is 0 Å². The van der Waals surface area contributed by atoms with Crippen LogP contribution in [0, 0.1) is 0 Å². The van der Waals surface area contributed by atoms with E-state index in [1.54, 1.807) is 0 Å². The summed E-state index contributed by atoms with van der Waals surface area (Å²) in [6.45, 7) is 2.38. The molecule has 0 amide bonds. The lowest BCUT2D eigenvalue weighted by molar-refractivity contribution is 0.232. The first kappa shape index (κ1) is 6.40. The molecule has 1 heterocycles. The molecule has 0 radical (unpaired) electrons. The predicted octanol–water partition coefficient (Wildman–Crippen LogP) is 2.01. The van der Waals surface area contributed by atoms with Crippen LogP contribution in [0.2, 0.25) is 0 Å². The third-order valence-corrected chi connectivity index (χ3v) is 1.87. The topological polar surface area (TPSA) is 18.5 Å². The molecular formula is C4H8FO2P. The van der Waals surface area contributed by atoms with Gasteiger partial charge in [-0.05, 0) is 6.42 Å². The van der Waals surface area contributed by atoms with Crippen LogP contribution in [-0.2, 0) is 9.05 Å². The van der Waals surface area contributed by atoms with Crippen molar-refractivity contribution in [2.24, 2.45) is 0 Å². The zero-order valence-corrected chi connectivity index (χ0v) is 5.53. The van der Waals surface area contributed by atoms with Crippen LogP contribution in [0.5, 0.6) is 0 Å². The Morgan fingerprint density at radius 1 is 1.88 bits per heavy atom. The average molecular weight is 138 g/mol. The van der Waals surface area contributed by atoms with Crippen molar-refractivity contribution in [3.05, 3.63) is 0 Å². The Hall–Kier alpha value is 0.280. The third-order valence-electron chi connectivity index (χ3n) is 1.05. The zero-order valence-electron chi connectivity index (χ0n) is 4.63. The summed E-state index contributed by atoms with van der Waals surface area (Å²) in [5, 5.41) is 0. The quantitative estimate of drug-likeness (QED) is 0.516. The molecule has 2 atom stereocenters. The summed E-state index contributed by atoms with van der Waals surface area (Å²) >= 11 is 0. The smallest absolute Gasteiger partial charge is 0.306 e. The molecule has 0 bridgehead atoms. The standard InChI is InChI=1S/C4H8FO2P/c1-2-4-3-6-8(5)7-4/h4H,2-3H2,1H3. The highest BCUT2D eigenvalue weighted by Crippen LogP contribution is 2.46. The fraction of sp³-hybridized carbons (Fsp3) is 1.00. The Kier molecular flexibility index (Phi) is 2.17. The molecule has 4 heteroatoms. The number of hydrogen-bond donors (Lipinski definition) is 0. The molecule has 1 saturated heterocycles. The maximum atomic E-state index is 12.0. The van der Waals surface area contributed by atoms with E-state index in [0.29, 0.717) is 6.61 Å². The van der Waals surface area contributed by atoms with Gasteiger partial charge in [0.15, 0.2) is 0 Å². The lowest BCUT2D eigenvalue weighted by Crippen LogP contribution is -2.05. The first-order valence-electron chi connectivity index (χ1n) is 2.58. The van der Waals surface area contributed by atoms with E-state index in [1.807, 2.05) is 6.92 Å². The summed E-state index contributed by atoms with van der Waals surface area (Å²) in [4.78, 5) is 0. The number of hydrogen-bond acceptors (Lipinski definition) is 2. The normalized spacial score (nSPS) is 38.2. The van der Waals surface area contributed by atoms with E-state index < -0.39 is 8.69 Å². The Balaban J connectivity index is 2.22. The first-order chi connectivity index (χ1) is 3.83. The van der Waals surface area contributed by atoms with Crippen LogP contribution >= 0.6 is 8.69 Å². The van der Waals surface area contributed by atoms with Crippen LogP contribution in [0.4, 0.5) is 4.20 Å². The molecule has 0 aliphatic carbocycles. The molecule has 2 unspecified atom stereocenters. The summed E-state index contributed by atoms with van der Waals surface area (Å²) < 4.78 is 21.2. The minimum atomic E-state index is -2.01. The van der Waals surface area contributed by atoms with Gasteiger partial charge < -0.3 is 9.05 Å². The zero-order chi connectivity index (χ0) is 5.98. The van der Waals surface area contributed by atoms with E-state index in [2.05, 4.69) is 9.05 Å². The van der Waals surface area contributed by atoms with Crippen LogP contribution in [-0.4, -0.2) is 12.7 Å². The Labute approximate surface area is 49.0 Å². The maximum Gasteiger partial charge on any atom is 0.375 e. The molecule has 0 N–H and O–H groups in total. The van der Waals surface area contributed by atoms with Gasteiger partial charge in [-0.2, -0.15) is 4.20 Å². The van der Waals surface area contributed by atoms with E-state index in [9.17, 15) is 4.20 Å². The Morgan fingerprint density at radius 2 is 2.62 bits per heavy atom. The van der Waals surface area contributed by atoms with Crippen molar-refractivity contribution in [3.8, 4) is 0 Å². The summed E-state index contributed by atoms with van der Waals surface area (Å²) in [5.41, 5.74) is 0. The molecule has 0 aromatic heterocycles. The second kappa shape index (κ2) is 2.72. The molecule has 0 saturated carbocycles. The highest BCUT2D eigenvalue weighted by atomic mass is 31.2. The summed E-state index contributed by atoms with van der Waals surface area (Å²) in [6, 6.07) is 0. The van der Waals surface area contributed by atoms with Gasteiger partial charge in [0.2, 0.25) is 0 Å². The second-order valence-corrected chi connectivity index (χ2v) is 2.54. The molecule has 2 nitrogen and oxygen atoms in total. The van der Waals surface area contributed by atoms with E-state index in [0.717, 1.165) is 6.42 Å². The van der Waals surface area contributed by atoms with Gasteiger partial charge in [0.1, 0.15) is 0 Å². The van der Waals surface area contributed by atoms with E-state index >= 15 is 0 Å². The molecule has 1 aliphatic rings. The first-order valence-corrected chi connectivity index (χ1v) is 3.65. The maximum absolute atomic E-state index is 12.0. The molecule has 1 fully saturated rings. The average Bonchev–Trinajstić information content (AvgIpc) is 2.14.